The predicted molar refractivity (Wildman–Crippen MR) is 74.2 cm³/mol. The molecule has 2 rings (SSSR count). The van der Waals surface area contributed by atoms with Crippen molar-refractivity contribution in [2.24, 2.45) is 11.8 Å². The van der Waals surface area contributed by atoms with Crippen molar-refractivity contribution < 1.29 is 18.8 Å². The fourth-order valence-corrected chi connectivity index (χ4v) is 4.13. The van der Waals surface area contributed by atoms with Crippen LogP contribution in [0.4, 0.5) is 0 Å². The van der Waals surface area contributed by atoms with Gasteiger partial charge < -0.3 is 14.0 Å². The van der Waals surface area contributed by atoms with Crippen LogP contribution in [-0.2, 0) is 18.8 Å². The first kappa shape index (κ1) is 14.7. The molecule has 0 bridgehead atoms. The lowest BCUT2D eigenvalue weighted by molar-refractivity contribution is -0.141. The number of carbonyl (C=O) groups is 2. The van der Waals surface area contributed by atoms with Gasteiger partial charge >= 0.3 is 5.97 Å². The SMILES string of the molecule is CC(C)(C)[Si](C)(C)O[C@@H]1C[C@@H]2OC(=O)C[C@@H]2[C@@H]1C=O. The molecule has 1 saturated heterocycles. The molecule has 0 N–H and O–H groups in total. The lowest BCUT2D eigenvalue weighted by Gasteiger charge is -2.39. The number of hydrogen-bond acceptors (Lipinski definition) is 4. The molecule has 4 atom stereocenters. The van der Waals surface area contributed by atoms with E-state index in [9.17, 15) is 9.59 Å². The van der Waals surface area contributed by atoms with E-state index in [0.717, 1.165) is 6.29 Å². The summed E-state index contributed by atoms with van der Waals surface area (Å²) in [6, 6.07) is 0. The fourth-order valence-electron chi connectivity index (χ4n) is 2.77. The minimum atomic E-state index is -1.89. The van der Waals surface area contributed by atoms with Gasteiger partial charge in [-0.2, -0.15) is 0 Å². The second-order valence-electron chi connectivity index (χ2n) is 7.26. The molecule has 0 unspecified atom stereocenters. The zero-order valence-electron chi connectivity index (χ0n) is 12.4. The third-order valence-corrected chi connectivity index (χ3v) is 9.46. The van der Waals surface area contributed by atoms with Gasteiger partial charge in [0.25, 0.3) is 0 Å². The van der Waals surface area contributed by atoms with Crippen molar-refractivity contribution in [3.05, 3.63) is 0 Å². The van der Waals surface area contributed by atoms with Gasteiger partial charge in [-0.1, -0.05) is 20.8 Å². The highest BCUT2D eigenvalue weighted by Crippen LogP contribution is 2.45. The average molecular weight is 284 g/mol. The molecular weight excluding hydrogens is 260 g/mol. The van der Waals surface area contributed by atoms with Gasteiger partial charge in [-0.05, 0) is 18.1 Å². The summed E-state index contributed by atoms with van der Waals surface area (Å²) in [7, 11) is -1.89. The zero-order valence-corrected chi connectivity index (χ0v) is 13.4. The number of ether oxygens (including phenoxy) is 1. The van der Waals surface area contributed by atoms with Crippen molar-refractivity contribution in [2.75, 3.05) is 0 Å². The van der Waals surface area contributed by atoms with E-state index in [1.165, 1.54) is 0 Å². The Morgan fingerprint density at radius 1 is 1.37 bits per heavy atom. The molecule has 2 fully saturated rings. The Morgan fingerprint density at radius 2 is 2.00 bits per heavy atom. The van der Waals surface area contributed by atoms with Crippen LogP contribution in [0, 0.1) is 11.8 Å². The summed E-state index contributed by atoms with van der Waals surface area (Å²) in [6.45, 7) is 10.9. The maximum absolute atomic E-state index is 11.4. The smallest absolute Gasteiger partial charge is 0.306 e. The van der Waals surface area contributed by atoms with E-state index in [4.69, 9.17) is 9.16 Å². The van der Waals surface area contributed by atoms with Crippen LogP contribution in [0.5, 0.6) is 0 Å². The summed E-state index contributed by atoms with van der Waals surface area (Å²) >= 11 is 0. The van der Waals surface area contributed by atoms with Crippen molar-refractivity contribution in [1.82, 2.24) is 0 Å². The van der Waals surface area contributed by atoms with Gasteiger partial charge in [-0.25, -0.2) is 0 Å². The van der Waals surface area contributed by atoms with Crippen molar-refractivity contribution in [2.45, 2.75) is 64.0 Å². The van der Waals surface area contributed by atoms with Gasteiger partial charge in [0.05, 0.1) is 12.5 Å². The van der Waals surface area contributed by atoms with Crippen molar-refractivity contribution in [3.8, 4) is 0 Å². The molecule has 0 radical (unpaired) electrons. The Hall–Kier alpha value is -0.683. The molecule has 0 aromatic carbocycles. The Balaban J connectivity index is 2.11. The molecule has 0 spiro atoms. The second kappa shape index (κ2) is 4.70. The first-order valence-electron chi connectivity index (χ1n) is 6.98. The predicted octanol–water partition coefficient (Wildman–Crippen LogP) is 2.53. The summed E-state index contributed by atoms with van der Waals surface area (Å²) in [5.74, 6) is -0.335. The highest BCUT2D eigenvalue weighted by atomic mass is 28.4. The molecule has 1 aliphatic heterocycles. The number of hydrogen-bond donors (Lipinski definition) is 0. The monoisotopic (exact) mass is 284 g/mol. The molecule has 4 nitrogen and oxygen atoms in total. The first-order valence-corrected chi connectivity index (χ1v) is 9.89. The van der Waals surface area contributed by atoms with Gasteiger partial charge in [-0.3, -0.25) is 4.79 Å². The van der Waals surface area contributed by atoms with E-state index in [2.05, 4.69) is 33.9 Å². The van der Waals surface area contributed by atoms with Crippen LogP contribution in [-0.4, -0.2) is 32.8 Å². The molecule has 108 valence electrons. The highest BCUT2D eigenvalue weighted by molar-refractivity contribution is 6.74. The number of carbonyl (C=O) groups excluding carboxylic acids is 2. The molecule has 1 saturated carbocycles. The third kappa shape index (κ3) is 2.63. The van der Waals surface area contributed by atoms with Crippen LogP contribution < -0.4 is 0 Å². The van der Waals surface area contributed by atoms with E-state index in [1.807, 2.05) is 0 Å². The fraction of sp³-hybridized carbons (Fsp3) is 0.857. The molecular formula is C14H24O4Si. The number of aldehydes is 1. The molecule has 1 aliphatic carbocycles. The molecule has 0 aromatic rings. The van der Waals surface area contributed by atoms with E-state index < -0.39 is 8.32 Å². The number of esters is 1. The Bertz CT molecular complexity index is 385. The second-order valence-corrected chi connectivity index (χ2v) is 12.0. The summed E-state index contributed by atoms with van der Waals surface area (Å²) in [5.41, 5.74) is 0. The van der Waals surface area contributed by atoms with Gasteiger partial charge in [0.15, 0.2) is 8.32 Å². The van der Waals surface area contributed by atoms with Gasteiger partial charge in [0.2, 0.25) is 0 Å². The van der Waals surface area contributed by atoms with Gasteiger partial charge in [0.1, 0.15) is 12.4 Å². The quantitative estimate of drug-likeness (QED) is 0.454. The first-order chi connectivity index (χ1) is 8.65. The molecule has 0 aromatic heterocycles. The largest absolute Gasteiger partial charge is 0.462 e. The molecule has 5 heteroatoms. The molecule has 1 heterocycles. The van der Waals surface area contributed by atoms with Crippen LogP contribution in [0.3, 0.4) is 0 Å². The lowest BCUT2D eigenvalue weighted by atomic mass is 9.94. The molecule has 2 aliphatic rings. The van der Waals surface area contributed by atoms with Gasteiger partial charge in [0, 0.05) is 18.3 Å². The summed E-state index contributed by atoms with van der Waals surface area (Å²) in [5, 5.41) is 0.120. The van der Waals surface area contributed by atoms with Gasteiger partial charge in [-0.15, -0.1) is 0 Å². The summed E-state index contributed by atoms with van der Waals surface area (Å²) in [4.78, 5) is 22.7. The van der Waals surface area contributed by atoms with Crippen molar-refractivity contribution >= 4 is 20.6 Å². The van der Waals surface area contributed by atoms with E-state index >= 15 is 0 Å². The highest BCUT2D eigenvalue weighted by Gasteiger charge is 2.53. The van der Waals surface area contributed by atoms with Crippen LogP contribution in [0.2, 0.25) is 18.1 Å². The minimum absolute atomic E-state index is 0.0276. The topological polar surface area (TPSA) is 52.6 Å². The standard InChI is InChI=1S/C14H24O4Si/c1-14(2,3)19(4,5)18-12-7-11-9(10(12)8-15)6-13(16)17-11/h8-12H,6-7H2,1-5H3/t9-,10+,11+,12-/m1/s1. The Labute approximate surface area is 116 Å². The molecule has 0 amide bonds. The number of rotatable bonds is 3. The average Bonchev–Trinajstić information content (AvgIpc) is 2.70. The van der Waals surface area contributed by atoms with Crippen LogP contribution in [0.15, 0.2) is 0 Å². The normalized spacial score (nSPS) is 35.1. The summed E-state index contributed by atoms with van der Waals surface area (Å²) in [6.07, 6.45) is 1.81. The van der Waals surface area contributed by atoms with E-state index in [0.29, 0.717) is 12.8 Å². The Morgan fingerprint density at radius 3 is 2.53 bits per heavy atom. The summed E-state index contributed by atoms with van der Waals surface area (Å²) < 4.78 is 11.6. The van der Waals surface area contributed by atoms with E-state index in [1.54, 1.807) is 0 Å². The van der Waals surface area contributed by atoms with Crippen LogP contribution in [0.25, 0.3) is 0 Å². The Kier molecular flexibility index (Phi) is 3.64. The maximum Gasteiger partial charge on any atom is 0.306 e. The molecule has 19 heavy (non-hydrogen) atoms. The van der Waals surface area contributed by atoms with Crippen LogP contribution >= 0.6 is 0 Å². The van der Waals surface area contributed by atoms with Crippen molar-refractivity contribution in [1.29, 1.82) is 0 Å². The van der Waals surface area contributed by atoms with E-state index in [-0.39, 0.29) is 35.1 Å². The lowest BCUT2D eigenvalue weighted by Crippen LogP contribution is -2.45. The minimum Gasteiger partial charge on any atom is -0.462 e. The maximum atomic E-state index is 11.4. The number of fused-ring (bicyclic) bond motifs is 1. The third-order valence-electron chi connectivity index (χ3n) is 4.96. The van der Waals surface area contributed by atoms with Crippen LogP contribution in [0.1, 0.15) is 33.6 Å². The zero-order chi connectivity index (χ0) is 14.4. The van der Waals surface area contributed by atoms with Crippen molar-refractivity contribution in [3.63, 3.8) is 0 Å².